The SMILES string of the molecule is Cc1noc(C)c1C(=O)NNC(=O)c1ccc(-c2ccc(F)cc2)s1. The van der Waals surface area contributed by atoms with Gasteiger partial charge in [0.05, 0.1) is 10.6 Å². The predicted molar refractivity (Wildman–Crippen MR) is 90.6 cm³/mol. The van der Waals surface area contributed by atoms with E-state index in [1.807, 2.05) is 0 Å². The van der Waals surface area contributed by atoms with E-state index in [-0.39, 0.29) is 5.82 Å². The van der Waals surface area contributed by atoms with Crippen LogP contribution < -0.4 is 10.9 Å². The van der Waals surface area contributed by atoms with Gasteiger partial charge in [0.25, 0.3) is 11.8 Å². The number of halogens is 1. The van der Waals surface area contributed by atoms with Crippen molar-refractivity contribution in [2.24, 2.45) is 0 Å². The molecular weight excluding hydrogens is 345 g/mol. The lowest BCUT2D eigenvalue weighted by Gasteiger charge is -2.05. The molecule has 0 fully saturated rings. The van der Waals surface area contributed by atoms with E-state index in [4.69, 9.17) is 4.52 Å². The molecule has 25 heavy (non-hydrogen) atoms. The Hall–Kier alpha value is -3.00. The minimum absolute atomic E-state index is 0.290. The van der Waals surface area contributed by atoms with Gasteiger partial charge in [-0.15, -0.1) is 11.3 Å². The molecule has 2 amide bonds. The summed E-state index contributed by atoms with van der Waals surface area (Å²) in [6.07, 6.45) is 0. The molecule has 0 unspecified atom stereocenters. The minimum Gasteiger partial charge on any atom is -0.361 e. The van der Waals surface area contributed by atoms with E-state index in [9.17, 15) is 14.0 Å². The summed E-state index contributed by atoms with van der Waals surface area (Å²) >= 11 is 1.24. The molecule has 128 valence electrons. The average molecular weight is 359 g/mol. The Bertz CT molecular complexity index is 912. The van der Waals surface area contributed by atoms with E-state index in [1.54, 1.807) is 38.1 Å². The number of nitrogens with one attached hydrogen (secondary N) is 2. The lowest BCUT2D eigenvalue weighted by Crippen LogP contribution is -2.41. The van der Waals surface area contributed by atoms with Crippen molar-refractivity contribution < 1.29 is 18.5 Å². The van der Waals surface area contributed by atoms with Crippen LogP contribution in [-0.4, -0.2) is 17.0 Å². The number of rotatable bonds is 3. The number of carbonyl (C=O) groups is 2. The summed E-state index contributed by atoms with van der Waals surface area (Å²) in [6.45, 7) is 3.26. The highest BCUT2D eigenvalue weighted by atomic mass is 32.1. The Labute approximate surface area is 146 Å². The van der Waals surface area contributed by atoms with Gasteiger partial charge in [-0.05, 0) is 43.7 Å². The van der Waals surface area contributed by atoms with Crippen molar-refractivity contribution in [1.82, 2.24) is 16.0 Å². The van der Waals surface area contributed by atoms with Crippen LogP contribution in [0.4, 0.5) is 4.39 Å². The fourth-order valence-electron chi connectivity index (χ4n) is 2.27. The first-order valence-corrected chi connectivity index (χ1v) is 8.16. The Kier molecular flexibility index (Phi) is 4.62. The maximum absolute atomic E-state index is 13.0. The Morgan fingerprint density at radius 3 is 2.36 bits per heavy atom. The highest BCUT2D eigenvalue weighted by Crippen LogP contribution is 2.28. The zero-order valence-corrected chi connectivity index (χ0v) is 14.2. The molecule has 2 heterocycles. The lowest BCUT2D eigenvalue weighted by molar-refractivity contribution is 0.0847. The molecule has 2 aromatic heterocycles. The van der Waals surface area contributed by atoms with Crippen LogP contribution in [-0.2, 0) is 0 Å². The summed E-state index contributed by atoms with van der Waals surface area (Å²) in [6, 6.07) is 9.41. The molecule has 6 nitrogen and oxygen atoms in total. The minimum atomic E-state index is -0.500. The third-order valence-corrected chi connectivity index (χ3v) is 4.64. The van der Waals surface area contributed by atoms with Crippen molar-refractivity contribution in [2.45, 2.75) is 13.8 Å². The number of hydrogen-bond donors (Lipinski definition) is 2. The number of thiophene rings is 1. The molecule has 3 rings (SSSR count). The third-order valence-electron chi connectivity index (χ3n) is 3.51. The van der Waals surface area contributed by atoms with Gasteiger partial charge in [-0.3, -0.25) is 20.4 Å². The monoisotopic (exact) mass is 359 g/mol. The fraction of sp³-hybridized carbons (Fsp3) is 0.118. The summed E-state index contributed by atoms with van der Waals surface area (Å²) in [4.78, 5) is 25.5. The van der Waals surface area contributed by atoms with E-state index >= 15 is 0 Å². The zero-order chi connectivity index (χ0) is 18.0. The molecule has 0 radical (unpaired) electrons. The summed E-state index contributed by atoms with van der Waals surface area (Å²) in [7, 11) is 0. The first-order chi connectivity index (χ1) is 12.0. The van der Waals surface area contributed by atoms with Crippen LogP contribution >= 0.6 is 11.3 Å². The highest BCUT2D eigenvalue weighted by molar-refractivity contribution is 7.17. The molecule has 0 atom stereocenters. The van der Waals surface area contributed by atoms with Gasteiger partial charge in [0.2, 0.25) is 0 Å². The molecule has 2 N–H and O–H groups in total. The molecule has 8 heteroatoms. The second-order valence-corrected chi connectivity index (χ2v) is 6.36. The summed E-state index contributed by atoms with van der Waals surface area (Å²) < 4.78 is 17.9. The van der Waals surface area contributed by atoms with Gasteiger partial charge in [-0.1, -0.05) is 17.3 Å². The number of benzene rings is 1. The van der Waals surface area contributed by atoms with Gasteiger partial charge in [0.1, 0.15) is 17.1 Å². The molecule has 0 aliphatic carbocycles. The molecule has 0 spiro atoms. The number of aryl methyl sites for hydroxylation is 2. The molecule has 0 bridgehead atoms. The lowest BCUT2D eigenvalue weighted by atomic mass is 10.2. The smallest absolute Gasteiger partial charge is 0.279 e. The average Bonchev–Trinajstić information content (AvgIpc) is 3.20. The van der Waals surface area contributed by atoms with Crippen LogP contribution in [0.25, 0.3) is 10.4 Å². The van der Waals surface area contributed by atoms with E-state index in [1.165, 1.54) is 23.5 Å². The van der Waals surface area contributed by atoms with Crippen LogP contribution in [0.15, 0.2) is 40.9 Å². The second-order valence-electron chi connectivity index (χ2n) is 5.28. The summed E-state index contributed by atoms with van der Waals surface area (Å²) in [5, 5.41) is 3.69. The molecule has 3 aromatic rings. The van der Waals surface area contributed by atoms with Crippen LogP contribution in [0.2, 0.25) is 0 Å². The van der Waals surface area contributed by atoms with Crippen LogP contribution in [0.3, 0.4) is 0 Å². The molecule has 0 aliphatic heterocycles. The predicted octanol–water partition coefficient (Wildman–Crippen LogP) is 3.23. The van der Waals surface area contributed by atoms with Crippen molar-refractivity contribution >= 4 is 23.2 Å². The first-order valence-electron chi connectivity index (χ1n) is 7.35. The maximum Gasteiger partial charge on any atom is 0.279 e. The van der Waals surface area contributed by atoms with Crippen molar-refractivity contribution in [3.63, 3.8) is 0 Å². The molecular formula is C17H14FN3O3S. The standard InChI is InChI=1S/C17H14FN3O3S/c1-9-15(10(2)24-21-9)17(23)20-19-16(22)14-8-7-13(25-14)11-3-5-12(18)6-4-11/h3-8H,1-2H3,(H,19,22)(H,20,23). The Morgan fingerprint density at radius 1 is 1.04 bits per heavy atom. The van der Waals surface area contributed by atoms with Crippen LogP contribution in [0, 0.1) is 19.7 Å². The number of hydrazine groups is 1. The van der Waals surface area contributed by atoms with E-state index < -0.39 is 11.8 Å². The van der Waals surface area contributed by atoms with Crippen LogP contribution in [0.1, 0.15) is 31.5 Å². The van der Waals surface area contributed by atoms with E-state index in [2.05, 4.69) is 16.0 Å². The van der Waals surface area contributed by atoms with Crippen molar-refractivity contribution in [2.75, 3.05) is 0 Å². The quantitative estimate of drug-likeness (QED) is 0.703. The molecule has 0 aliphatic rings. The largest absolute Gasteiger partial charge is 0.361 e. The molecule has 1 aromatic carbocycles. The first kappa shape index (κ1) is 16.8. The molecule has 0 saturated heterocycles. The highest BCUT2D eigenvalue weighted by Gasteiger charge is 2.18. The summed E-state index contributed by atoms with van der Waals surface area (Å²) in [5.41, 5.74) is 6.24. The number of hydrogen-bond acceptors (Lipinski definition) is 5. The van der Waals surface area contributed by atoms with Crippen molar-refractivity contribution in [1.29, 1.82) is 0 Å². The normalized spacial score (nSPS) is 10.5. The van der Waals surface area contributed by atoms with Gasteiger partial charge < -0.3 is 4.52 Å². The van der Waals surface area contributed by atoms with Crippen molar-refractivity contribution in [3.8, 4) is 10.4 Å². The van der Waals surface area contributed by atoms with Gasteiger partial charge in [-0.2, -0.15) is 0 Å². The topological polar surface area (TPSA) is 84.2 Å². The molecule has 0 saturated carbocycles. The van der Waals surface area contributed by atoms with Crippen LogP contribution in [0.5, 0.6) is 0 Å². The van der Waals surface area contributed by atoms with Gasteiger partial charge in [0.15, 0.2) is 0 Å². The Balaban J connectivity index is 1.66. The van der Waals surface area contributed by atoms with Crippen molar-refractivity contribution in [3.05, 3.63) is 64.1 Å². The van der Waals surface area contributed by atoms with Gasteiger partial charge in [-0.25, -0.2) is 4.39 Å². The number of amides is 2. The second kappa shape index (κ2) is 6.86. The van der Waals surface area contributed by atoms with Gasteiger partial charge in [0, 0.05) is 4.88 Å². The zero-order valence-electron chi connectivity index (χ0n) is 13.4. The Morgan fingerprint density at radius 2 is 1.72 bits per heavy atom. The van der Waals surface area contributed by atoms with E-state index in [0.717, 1.165) is 10.4 Å². The third kappa shape index (κ3) is 3.58. The summed E-state index contributed by atoms with van der Waals surface area (Å²) in [5.74, 6) is -0.891. The van der Waals surface area contributed by atoms with Gasteiger partial charge >= 0.3 is 0 Å². The number of nitrogens with zero attached hydrogens (tertiary/aromatic N) is 1. The maximum atomic E-state index is 13.0. The van der Waals surface area contributed by atoms with E-state index in [0.29, 0.717) is 21.9 Å². The number of carbonyl (C=O) groups excluding carboxylic acids is 2. The number of aromatic nitrogens is 1. The fourth-order valence-corrected chi connectivity index (χ4v) is 3.18.